The molecular weight excluding hydrogens is 426 g/mol. The summed E-state index contributed by atoms with van der Waals surface area (Å²) < 4.78 is 33.1. The van der Waals surface area contributed by atoms with Crippen molar-refractivity contribution >= 4 is 32.4 Å². The lowest BCUT2D eigenvalue weighted by molar-refractivity contribution is 0.102. The second-order valence-corrected chi connectivity index (χ2v) is 9.80. The van der Waals surface area contributed by atoms with Crippen LogP contribution >= 0.6 is 11.3 Å². The molecule has 1 fully saturated rings. The van der Waals surface area contributed by atoms with E-state index in [1.54, 1.807) is 29.8 Å². The van der Waals surface area contributed by atoms with Crippen molar-refractivity contribution in [2.75, 3.05) is 25.5 Å². The van der Waals surface area contributed by atoms with Gasteiger partial charge in [-0.2, -0.15) is 9.40 Å². The predicted octanol–water partition coefficient (Wildman–Crippen LogP) is 2.61. The predicted molar refractivity (Wildman–Crippen MR) is 113 cm³/mol. The molecule has 0 spiro atoms. The van der Waals surface area contributed by atoms with Crippen molar-refractivity contribution in [3.63, 3.8) is 0 Å². The van der Waals surface area contributed by atoms with E-state index in [1.165, 1.54) is 22.8 Å². The number of sulfonamides is 1. The Hall–Kier alpha value is -2.76. The van der Waals surface area contributed by atoms with Crippen LogP contribution in [0.4, 0.5) is 5.13 Å². The number of hydrogen-bond donors (Lipinski definition) is 2. The van der Waals surface area contributed by atoms with Crippen molar-refractivity contribution in [2.24, 2.45) is 0 Å². The number of aryl methyl sites for hydroxylation is 1. The summed E-state index contributed by atoms with van der Waals surface area (Å²) in [4.78, 5) is 16.5. The number of thiazole rings is 1. The van der Waals surface area contributed by atoms with Gasteiger partial charge in [0.1, 0.15) is 10.6 Å². The third-order valence-corrected chi connectivity index (χ3v) is 7.59. The molecule has 3 aromatic rings. The number of ether oxygens (including phenoxy) is 1. The molecule has 3 heterocycles. The number of amides is 1. The topological polar surface area (TPSA) is 117 Å². The first-order valence-electron chi connectivity index (χ1n) is 9.29. The third-order valence-electron chi connectivity index (χ3n) is 5.01. The lowest BCUT2D eigenvalue weighted by Gasteiger charge is -2.18. The minimum Gasteiger partial charge on any atom is -0.495 e. The number of carbonyl (C=O) groups excluding carboxylic acids is 1. The maximum Gasteiger partial charge on any atom is 0.277 e. The highest BCUT2D eigenvalue weighted by Gasteiger charge is 2.35. The molecular formula is C19H21N5O4S2. The van der Waals surface area contributed by atoms with Gasteiger partial charge in [-0.1, -0.05) is 6.07 Å². The number of rotatable bonds is 6. The largest absolute Gasteiger partial charge is 0.495 e. The Kier molecular flexibility index (Phi) is 5.58. The second-order valence-electron chi connectivity index (χ2n) is 7.00. The molecule has 0 saturated carbocycles. The first kappa shape index (κ1) is 20.5. The summed E-state index contributed by atoms with van der Waals surface area (Å²) in [5.41, 5.74) is 1.81. The zero-order valence-corrected chi connectivity index (χ0v) is 18.1. The molecule has 1 atom stereocenters. The van der Waals surface area contributed by atoms with Crippen LogP contribution in [-0.4, -0.2) is 54.0 Å². The molecule has 9 nitrogen and oxygen atoms in total. The summed E-state index contributed by atoms with van der Waals surface area (Å²) in [5.74, 6) is -0.115. The van der Waals surface area contributed by atoms with Crippen molar-refractivity contribution in [2.45, 2.75) is 24.2 Å². The zero-order valence-electron chi connectivity index (χ0n) is 16.5. The Labute approximate surface area is 178 Å². The molecule has 1 aromatic carbocycles. The third kappa shape index (κ3) is 3.95. The Balaban J connectivity index is 1.49. The molecule has 11 heteroatoms. The van der Waals surface area contributed by atoms with E-state index in [4.69, 9.17) is 4.74 Å². The lowest BCUT2D eigenvalue weighted by atomic mass is 10.1. The number of nitrogens with zero attached hydrogens (tertiary/aromatic N) is 3. The van der Waals surface area contributed by atoms with Crippen LogP contribution in [0.2, 0.25) is 0 Å². The lowest BCUT2D eigenvalue weighted by Crippen LogP contribution is -2.29. The number of aromatic amines is 1. The highest BCUT2D eigenvalue weighted by Crippen LogP contribution is 2.34. The second kappa shape index (κ2) is 8.17. The molecule has 0 radical (unpaired) electrons. The van der Waals surface area contributed by atoms with E-state index in [0.29, 0.717) is 30.4 Å². The molecule has 1 amide bonds. The summed E-state index contributed by atoms with van der Waals surface area (Å²) in [6.45, 7) is 2.52. The normalized spacial score (nSPS) is 17.2. The Morgan fingerprint density at radius 2 is 2.20 bits per heavy atom. The molecule has 4 rings (SSSR count). The maximum absolute atomic E-state index is 13.2. The van der Waals surface area contributed by atoms with Crippen molar-refractivity contribution in [1.82, 2.24) is 19.5 Å². The number of methoxy groups -OCH3 is 1. The molecule has 2 aromatic heterocycles. The fourth-order valence-electron chi connectivity index (χ4n) is 3.43. The number of carbonyl (C=O) groups is 1. The Bertz CT molecular complexity index is 1160. The number of anilines is 1. The molecule has 2 N–H and O–H groups in total. The zero-order chi connectivity index (χ0) is 21.3. The van der Waals surface area contributed by atoms with Crippen LogP contribution in [0.3, 0.4) is 0 Å². The molecule has 158 valence electrons. The van der Waals surface area contributed by atoms with Gasteiger partial charge in [-0.15, -0.1) is 11.3 Å². The van der Waals surface area contributed by atoms with E-state index in [9.17, 15) is 13.2 Å². The summed E-state index contributed by atoms with van der Waals surface area (Å²) >= 11 is 1.32. The van der Waals surface area contributed by atoms with E-state index < -0.39 is 10.0 Å². The Morgan fingerprint density at radius 1 is 1.37 bits per heavy atom. The van der Waals surface area contributed by atoms with Crippen LogP contribution in [0.15, 0.2) is 40.7 Å². The highest BCUT2D eigenvalue weighted by atomic mass is 32.2. The maximum atomic E-state index is 13.2. The van der Waals surface area contributed by atoms with Crippen LogP contribution in [0.25, 0.3) is 0 Å². The average molecular weight is 448 g/mol. The molecule has 0 aliphatic carbocycles. The van der Waals surface area contributed by atoms with Gasteiger partial charge in [0, 0.05) is 36.3 Å². The fraction of sp³-hybridized carbons (Fsp3) is 0.316. The van der Waals surface area contributed by atoms with E-state index in [0.717, 1.165) is 11.3 Å². The number of benzene rings is 1. The van der Waals surface area contributed by atoms with Crippen molar-refractivity contribution < 1.29 is 17.9 Å². The van der Waals surface area contributed by atoms with E-state index in [2.05, 4.69) is 20.5 Å². The summed E-state index contributed by atoms with van der Waals surface area (Å²) in [6, 6.07) is 6.77. The van der Waals surface area contributed by atoms with Gasteiger partial charge in [0.2, 0.25) is 10.0 Å². The van der Waals surface area contributed by atoms with Gasteiger partial charge in [0.15, 0.2) is 10.8 Å². The highest BCUT2D eigenvalue weighted by molar-refractivity contribution is 7.89. The van der Waals surface area contributed by atoms with Crippen LogP contribution < -0.4 is 10.1 Å². The fourth-order valence-corrected chi connectivity index (χ4v) is 5.70. The van der Waals surface area contributed by atoms with Crippen molar-refractivity contribution in [1.29, 1.82) is 0 Å². The van der Waals surface area contributed by atoms with Crippen LogP contribution in [0, 0.1) is 6.92 Å². The van der Waals surface area contributed by atoms with E-state index >= 15 is 0 Å². The van der Waals surface area contributed by atoms with E-state index in [1.807, 2.05) is 13.0 Å². The molecule has 0 bridgehead atoms. The number of nitrogens with one attached hydrogen (secondary N) is 2. The number of hydrogen-bond acceptors (Lipinski definition) is 7. The van der Waals surface area contributed by atoms with Gasteiger partial charge in [0.25, 0.3) is 5.91 Å². The number of H-pyrrole nitrogens is 1. The molecule has 30 heavy (non-hydrogen) atoms. The van der Waals surface area contributed by atoms with Gasteiger partial charge < -0.3 is 4.74 Å². The Morgan fingerprint density at radius 3 is 2.93 bits per heavy atom. The van der Waals surface area contributed by atoms with Gasteiger partial charge in [-0.3, -0.25) is 15.2 Å². The minimum absolute atomic E-state index is 0.0792. The van der Waals surface area contributed by atoms with Crippen LogP contribution in [-0.2, 0) is 10.0 Å². The quantitative estimate of drug-likeness (QED) is 0.600. The molecule has 0 unspecified atom stereocenters. The first-order valence-corrected chi connectivity index (χ1v) is 11.6. The van der Waals surface area contributed by atoms with Gasteiger partial charge in [0.05, 0.1) is 7.11 Å². The van der Waals surface area contributed by atoms with Gasteiger partial charge in [-0.25, -0.2) is 13.4 Å². The molecule has 1 saturated heterocycles. The summed E-state index contributed by atoms with van der Waals surface area (Å²) in [7, 11) is -2.24. The van der Waals surface area contributed by atoms with Crippen LogP contribution in [0.5, 0.6) is 5.75 Å². The van der Waals surface area contributed by atoms with Crippen LogP contribution in [0.1, 0.15) is 34.1 Å². The number of aromatic nitrogens is 3. The van der Waals surface area contributed by atoms with Gasteiger partial charge >= 0.3 is 0 Å². The summed E-state index contributed by atoms with van der Waals surface area (Å²) in [6.07, 6.45) is 2.23. The van der Waals surface area contributed by atoms with E-state index in [-0.39, 0.29) is 22.4 Å². The smallest absolute Gasteiger partial charge is 0.277 e. The monoisotopic (exact) mass is 447 g/mol. The molecule has 1 aliphatic rings. The molecule has 1 aliphatic heterocycles. The summed E-state index contributed by atoms with van der Waals surface area (Å²) in [5, 5.41) is 11.9. The van der Waals surface area contributed by atoms with Crippen molar-refractivity contribution in [3.8, 4) is 5.75 Å². The SMILES string of the molecule is COc1ccc(C)cc1S(=O)(=O)N1CC[C@H](c2cc(C(=O)Nc3nccs3)n[nH]2)C1. The standard InChI is InChI=1S/C19H21N5O4S2/c1-12-3-4-16(28-2)17(9-12)30(26,27)24-7-5-13(11-24)14-10-15(23-22-14)18(25)21-19-20-6-8-29-19/h3-4,6,8-10,13H,5,7,11H2,1-2H3,(H,22,23)(H,20,21,25)/t13-/m0/s1. The first-order chi connectivity index (χ1) is 14.4. The van der Waals surface area contributed by atoms with Crippen molar-refractivity contribution in [3.05, 3.63) is 52.8 Å². The van der Waals surface area contributed by atoms with Gasteiger partial charge in [-0.05, 0) is 37.1 Å². The average Bonchev–Trinajstić information content (AvgIpc) is 3.48. The minimum atomic E-state index is -3.70.